The summed E-state index contributed by atoms with van der Waals surface area (Å²) < 4.78 is 5.23. The molecule has 1 aliphatic heterocycles. The van der Waals surface area contributed by atoms with Crippen LogP contribution in [0.5, 0.6) is 5.88 Å². The number of pyridine rings is 3. The number of thioether (sulfide) groups is 1. The standard InChI is InChI=1S/C25H28N6O3S/c1-34-22-8-6-18-23(31-22)19(9-10-27-18)29-25(33)16-4-2-3-15(11-16)12-26-13-17-5-7-20-24(28-17)30-21(32)14-35-20/h5-10,15-16,26H,2-4,11-14H2,1H3,(H,27,29,33)(H,28,30,32)/t15-,16+/m1/s1. The fourth-order valence-corrected chi connectivity index (χ4v) is 5.43. The normalized spacial score (nSPS) is 19.6. The lowest BCUT2D eigenvalue weighted by atomic mass is 9.81. The number of hydrogen-bond donors (Lipinski definition) is 3. The molecular formula is C25H28N6O3S. The maximum Gasteiger partial charge on any atom is 0.235 e. The zero-order valence-electron chi connectivity index (χ0n) is 19.5. The van der Waals surface area contributed by atoms with E-state index in [1.807, 2.05) is 18.2 Å². The molecule has 0 aromatic carbocycles. The third kappa shape index (κ3) is 5.54. The first-order chi connectivity index (χ1) is 17.1. The zero-order valence-corrected chi connectivity index (χ0v) is 20.4. The van der Waals surface area contributed by atoms with Crippen molar-refractivity contribution in [2.45, 2.75) is 37.1 Å². The van der Waals surface area contributed by atoms with Crippen LogP contribution in [0.3, 0.4) is 0 Å². The maximum atomic E-state index is 13.1. The highest BCUT2D eigenvalue weighted by Gasteiger charge is 2.27. The summed E-state index contributed by atoms with van der Waals surface area (Å²) in [6.45, 7) is 1.44. The van der Waals surface area contributed by atoms with Crippen LogP contribution in [0.25, 0.3) is 11.0 Å². The Labute approximate surface area is 207 Å². The summed E-state index contributed by atoms with van der Waals surface area (Å²) in [5, 5.41) is 9.40. The van der Waals surface area contributed by atoms with Crippen LogP contribution in [-0.2, 0) is 16.1 Å². The topological polar surface area (TPSA) is 118 Å². The lowest BCUT2D eigenvalue weighted by molar-refractivity contribution is -0.121. The molecule has 3 N–H and O–H groups in total. The number of carbonyl (C=O) groups excluding carboxylic acids is 2. The molecule has 2 atom stereocenters. The fraction of sp³-hybridized carbons (Fsp3) is 0.400. The number of ether oxygens (including phenoxy) is 1. The second-order valence-corrected chi connectivity index (χ2v) is 9.93. The van der Waals surface area contributed by atoms with Crippen LogP contribution in [0, 0.1) is 11.8 Å². The predicted molar refractivity (Wildman–Crippen MR) is 135 cm³/mol. The first kappa shape index (κ1) is 23.5. The largest absolute Gasteiger partial charge is 0.481 e. The fourth-order valence-electron chi connectivity index (χ4n) is 4.68. The Morgan fingerprint density at radius 2 is 2.11 bits per heavy atom. The lowest BCUT2D eigenvalue weighted by Gasteiger charge is -2.28. The number of amides is 2. The SMILES string of the molecule is COc1ccc2nccc(NC(=O)[C@H]3CCC[C@@H](CNCc4ccc5c(n4)NC(=O)CS5)C3)c2n1. The van der Waals surface area contributed by atoms with Gasteiger partial charge in [-0.2, -0.15) is 0 Å². The molecule has 3 aromatic rings. The molecule has 2 aliphatic rings. The number of carbonyl (C=O) groups is 2. The van der Waals surface area contributed by atoms with Gasteiger partial charge in [0.25, 0.3) is 0 Å². The van der Waals surface area contributed by atoms with Crippen molar-refractivity contribution in [3.05, 3.63) is 42.2 Å². The van der Waals surface area contributed by atoms with Crippen LogP contribution >= 0.6 is 11.8 Å². The van der Waals surface area contributed by atoms with Gasteiger partial charge in [-0.15, -0.1) is 11.8 Å². The first-order valence-electron chi connectivity index (χ1n) is 11.8. The molecule has 3 aromatic heterocycles. The number of fused-ring (bicyclic) bond motifs is 2. The van der Waals surface area contributed by atoms with Crippen molar-refractivity contribution in [3.63, 3.8) is 0 Å². The summed E-state index contributed by atoms with van der Waals surface area (Å²) >= 11 is 1.51. The Kier molecular flexibility index (Phi) is 7.10. The third-order valence-corrected chi connectivity index (χ3v) is 7.50. The molecule has 9 nitrogen and oxygen atoms in total. The number of nitrogens with zero attached hydrogens (tertiary/aromatic N) is 3. The number of aromatic nitrogens is 3. The van der Waals surface area contributed by atoms with Crippen molar-refractivity contribution < 1.29 is 14.3 Å². The minimum Gasteiger partial charge on any atom is -0.481 e. The summed E-state index contributed by atoms with van der Waals surface area (Å²) in [5.74, 6) is 1.95. The molecule has 1 saturated carbocycles. The van der Waals surface area contributed by atoms with Crippen LogP contribution in [0.1, 0.15) is 31.4 Å². The third-order valence-electron chi connectivity index (χ3n) is 6.45. The van der Waals surface area contributed by atoms with Crippen molar-refractivity contribution in [2.75, 3.05) is 30.0 Å². The van der Waals surface area contributed by atoms with E-state index in [1.165, 1.54) is 11.8 Å². The van der Waals surface area contributed by atoms with E-state index in [0.717, 1.165) is 42.8 Å². The van der Waals surface area contributed by atoms with Crippen molar-refractivity contribution in [1.82, 2.24) is 20.3 Å². The molecule has 0 spiro atoms. The van der Waals surface area contributed by atoms with Crippen LogP contribution < -0.4 is 20.7 Å². The van der Waals surface area contributed by atoms with Gasteiger partial charge in [-0.25, -0.2) is 9.97 Å². The average molecular weight is 493 g/mol. The molecule has 2 amide bonds. The minimum atomic E-state index is -0.0431. The Hall–Kier alpha value is -3.24. The molecule has 0 radical (unpaired) electrons. The predicted octanol–water partition coefficient (Wildman–Crippen LogP) is 3.61. The summed E-state index contributed by atoms with van der Waals surface area (Å²) in [6, 6.07) is 9.38. The summed E-state index contributed by atoms with van der Waals surface area (Å²) in [4.78, 5) is 39.1. The van der Waals surface area contributed by atoms with Gasteiger partial charge in [-0.3, -0.25) is 14.6 Å². The maximum absolute atomic E-state index is 13.1. The Morgan fingerprint density at radius 3 is 3.00 bits per heavy atom. The number of methoxy groups -OCH3 is 1. The van der Waals surface area contributed by atoms with Crippen molar-refractivity contribution in [3.8, 4) is 5.88 Å². The van der Waals surface area contributed by atoms with E-state index in [0.29, 0.717) is 46.6 Å². The average Bonchev–Trinajstić information content (AvgIpc) is 2.88. The molecule has 0 saturated heterocycles. The number of hydrogen-bond acceptors (Lipinski definition) is 8. The van der Waals surface area contributed by atoms with Crippen molar-refractivity contribution in [1.29, 1.82) is 0 Å². The zero-order chi connectivity index (χ0) is 24.2. The van der Waals surface area contributed by atoms with Crippen LogP contribution in [-0.4, -0.2) is 46.2 Å². The monoisotopic (exact) mass is 492 g/mol. The van der Waals surface area contributed by atoms with E-state index in [2.05, 4.69) is 30.9 Å². The van der Waals surface area contributed by atoms with Crippen LogP contribution in [0.2, 0.25) is 0 Å². The molecule has 5 rings (SSSR count). The van der Waals surface area contributed by atoms with Gasteiger partial charge in [0, 0.05) is 24.7 Å². The molecule has 1 aliphatic carbocycles. The van der Waals surface area contributed by atoms with Gasteiger partial charge >= 0.3 is 0 Å². The second kappa shape index (κ2) is 10.6. The summed E-state index contributed by atoms with van der Waals surface area (Å²) in [5.41, 5.74) is 2.89. The van der Waals surface area contributed by atoms with Crippen LogP contribution in [0.15, 0.2) is 41.4 Å². The van der Waals surface area contributed by atoms with E-state index in [4.69, 9.17) is 4.74 Å². The van der Waals surface area contributed by atoms with Crippen LogP contribution in [0.4, 0.5) is 11.5 Å². The molecular weight excluding hydrogens is 464 g/mol. The number of nitrogens with one attached hydrogen (secondary N) is 3. The van der Waals surface area contributed by atoms with Gasteiger partial charge in [-0.05, 0) is 56.0 Å². The van der Waals surface area contributed by atoms with Crippen molar-refractivity contribution in [2.24, 2.45) is 11.8 Å². The smallest absolute Gasteiger partial charge is 0.235 e. The summed E-state index contributed by atoms with van der Waals surface area (Å²) in [7, 11) is 1.57. The number of rotatable bonds is 7. The highest BCUT2D eigenvalue weighted by atomic mass is 32.2. The van der Waals surface area contributed by atoms with Gasteiger partial charge in [0.15, 0.2) is 0 Å². The van der Waals surface area contributed by atoms with Gasteiger partial charge in [0.05, 0.1) is 34.7 Å². The molecule has 0 unspecified atom stereocenters. The highest BCUT2D eigenvalue weighted by Crippen LogP contribution is 2.32. The Balaban J connectivity index is 1.16. The van der Waals surface area contributed by atoms with E-state index < -0.39 is 0 Å². The van der Waals surface area contributed by atoms with Crippen molar-refractivity contribution >= 4 is 46.1 Å². The second-order valence-electron chi connectivity index (χ2n) is 8.92. The quantitative estimate of drug-likeness (QED) is 0.458. The molecule has 1 fully saturated rings. The lowest BCUT2D eigenvalue weighted by Crippen LogP contribution is -2.32. The van der Waals surface area contributed by atoms with Gasteiger partial charge in [-0.1, -0.05) is 6.42 Å². The van der Waals surface area contributed by atoms with E-state index in [-0.39, 0.29) is 17.7 Å². The molecule has 182 valence electrons. The molecule has 10 heteroatoms. The summed E-state index contributed by atoms with van der Waals surface area (Å²) in [6.07, 6.45) is 5.51. The number of anilines is 2. The molecule has 0 bridgehead atoms. The van der Waals surface area contributed by atoms with Gasteiger partial charge < -0.3 is 20.7 Å². The molecule has 4 heterocycles. The van der Waals surface area contributed by atoms with E-state index in [1.54, 1.807) is 25.4 Å². The minimum absolute atomic E-state index is 0.0127. The first-order valence-corrected chi connectivity index (χ1v) is 12.8. The van der Waals surface area contributed by atoms with E-state index in [9.17, 15) is 9.59 Å². The Morgan fingerprint density at radius 1 is 1.20 bits per heavy atom. The van der Waals surface area contributed by atoms with Gasteiger partial charge in [0.2, 0.25) is 17.7 Å². The Bertz CT molecular complexity index is 1250. The van der Waals surface area contributed by atoms with Gasteiger partial charge in [0.1, 0.15) is 11.3 Å². The van der Waals surface area contributed by atoms with E-state index >= 15 is 0 Å². The highest BCUT2D eigenvalue weighted by molar-refractivity contribution is 8.00. The molecule has 35 heavy (non-hydrogen) atoms.